The summed E-state index contributed by atoms with van der Waals surface area (Å²) in [5.74, 6) is -0.875. The van der Waals surface area contributed by atoms with Gasteiger partial charge in [-0.15, -0.1) is 0 Å². The van der Waals surface area contributed by atoms with Gasteiger partial charge in [0.05, 0.1) is 0 Å². The maximum Gasteiger partial charge on any atom is 0.306 e. The maximum atomic E-state index is 12.9. The van der Waals surface area contributed by atoms with E-state index in [0.717, 1.165) is 89.9 Å². The first-order chi connectivity index (χ1) is 36.5. The minimum absolute atomic E-state index is 0.0777. The number of rotatable bonds is 59. The molecular formula is C68H122O6. The molecule has 0 rings (SSSR count). The molecule has 0 aliphatic heterocycles. The molecule has 0 radical (unpaired) electrons. The fourth-order valence-electron chi connectivity index (χ4n) is 9.36. The highest BCUT2D eigenvalue weighted by Gasteiger charge is 2.19. The predicted octanol–water partition coefficient (Wildman–Crippen LogP) is 21.9. The van der Waals surface area contributed by atoms with Crippen molar-refractivity contribution in [3.63, 3.8) is 0 Å². The van der Waals surface area contributed by atoms with Gasteiger partial charge >= 0.3 is 17.9 Å². The van der Waals surface area contributed by atoms with Crippen molar-refractivity contribution in [1.29, 1.82) is 0 Å². The van der Waals surface area contributed by atoms with Gasteiger partial charge in [-0.3, -0.25) is 14.4 Å². The lowest BCUT2D eigenvalue weighted by molar-refractivity contribution is -0.167. The summed E-state index contributed by atoms with van der Waals surface area (Å²) in [7, 11) is 0. The van der Waals surface area contributed by atoms with Crippen LogP contribution in [0.15, 0.2) is 60.8 Å². The maximum absolute atomic E-state index is 12.9. The summed E-state index contributed by atoms with van der Waals surface area (Å²) in [6.07, 6.45) is 79.3. The molecule has 74 heavy (non-hydrogen) atoms. The van der Waals surface area contributed by atoms with Gasteiger partial charge in [-0.25, -0.2) is 0 Å². The lowest BCUT2D eigenvalue weighted by atomic mass is 10.0. The summed E-state index contributed by atoms with van der Waals surface area (Å²) in [5, 5.41) is 0. The van der Waals surface area contributed by atoms with E-state index in [0.29, 0.717) is 19.3 Å². The quantitative estimate of drug-likeness (QED) is 0.0261. The molecular weight excluding hydrogens is 913 g/mol. The van der Waals surface area contributed by atoms with Crippen LogP contribution in [0.3, 0.4) is 0 Å². The van der Waals surface area contributed by atoms with E-state index in [1.807, 2.05) is 0 Å². The Labute approximate surface area is 460 Å². The molecule has 6 heteroatoms. The lowest BCUT2D eigenvalue weighted by Crippen LogP contribution is -2.30. The van der Waals surface area contributed by atoms with E-state index in [1.54, 1.807) is 0 Å². The summed E-state index contributed by atoms with van der Waals surface area (Å²) in [6, 6.07) is 0. The predicted molar refractivity (Wildman–Crippen MR) is 321 cm³/mol. The van der Waals surface area contributed by atoms with Gasteiger partial charge in [0.25, 0.3) is 0 Å². The Hall–Kier alpha value is -2.89. The highest BCUT2D eigenvalue weighted by Crippen LogP contribution is 2.17. The molecule has 430 valence electrons. The van der Waals surface area contributed by atoms with E-state index in [4.69, 9.17) is 14.2 Å². The Kier molecular flexibility index (Phi) is 60.2. The molecule has 0 heterocycles. The van der Waals surface area contributed by atoms with Crippen LogP contribution in [0.4, 0.5) is 0 Å². The van der Waals surface area contributed by atoms with Crippen LogP contribution >= 0.6 is 0 Å². The van der Waals surface area contributed by atoms with E-state index in [-0.39, 0.29) is 31.1 Å². The van der Waals surface area contributed by atoms with E-state index in [1.165, 1.54) is 205 Å². The van der Waals surface area contributed by atoms with E-state index in [9.17, 15) is 14.4 Å². The van der Waals surface area contributed by atoms with Crippen LogP contribution < -0.4 is 0 Å². The molecule has 0 N–H and O–H groups in total. The molecule has 1 atom stereocenters. The number of esters is 3. The van der Waals surface area contributed by atoms with Gasteiger partial charge in [0, 0.05) is 19.3 Å². The molecule has 0 aliphatic carbocycles. The number of hydrogen-bond acceptors (Lipinski definition) is 6. The molecule has 0 aliphatic rings. The Balaban J connectivity index is 4.38. The second-order valence-corrected chi connectivity index (χ2v) is 21.7. The van der Waals surface area contributed by atoms with Crippen LogP contribution in [0.5, 0.6) is 0 Å². The number of unbranched alkanes of at least 4 members (excludes halogenated alkanes) is 38. The Bertz CT molecular complexity index is 1330. The third-order valence-electron chi connectivity index (χ3n) is 14.2. The summed E-state index contributed by atoms with van der Waals surface area (Å²) < 4.78 is 16.9. The standard InChI is InChI=1S/C68H122O6/c1-4-7-10-13-16-19-22-25-28-31-34-37-40-43-46-49-52-55-58-61-67(70)73-64-65(63-72-66(69)60-57-54-51-48-45-42-39-36-33-30-27-24-21-18-15-12-9-6-3)74-68(71)62-59-56-53-50-47-44-41-38-35-32-29-26-23-20-17-14-11-8-5-2/h16-17,19-20,25-26,28-29,35,38,65H,4-15,18,21-24,27,30-34,36-37,39-64H2,1-3H3/b19-16-,20-17-,28-25-,29-26-,38-35-/t65-/m1/s1. The van der Waals surface area contributed by atoms with Gasteiger partial charge in [-0.2, -0.15) is 0 Å². The normalized spacial score (nSPS) is 12.4. The number of allylic oxidation sites excluding steroid dienone is 10. The monoisotopic (exact) mass is 1030 g/mol. The zero-order valence-electron chi connectivity index (χ0n) is 49.4. The highest BCUT2D eigenvalue weighted by atomic mass is 16.6. The van der Waals surface area contributed by atoms with Gasteiger partial charge in [-0.05, 0) is 89.9 Å². The third-order valence-corrected chi connectivity index (χ3v) is 14.2. The Morgan fingerprint density at radius 2 is 0.486 bits per heavy atom. The molecule has 0 unspecified atom stereocenters. The fourth-order valence-corrected chi connectivity index (χ4v) is 9.36. The summed E-state index contributed by atoms with van der Waals surface area (Å²) in [6.45, 7) is 6.63. The molecule has 0 aromatic rings. The summed E-state index contributed by atoms with van der Waals surface area (Å²) in [5.41, 5.74) is 0. The molecule has 0 saturated heterocycles. The van der Waals surface area contributed by atoms with Crippen molar-refractivity contribution in [1.82, 2.24) is 0 Å². The zero-order valence-corrected chi connectivity index (χ0v) is 49.4. The lowest BCUT2D eigenvalue weighted by Gasteiger charge is -2.18. The van der Waals surface area contributed by atoms with Crippen LogP contribution in [-0.4, -0.2) is 37.2 Å². The number of carbonyl (C=O) groups excluding carboxylic acids is 3. The first-order valence-electron chi connectivity index (χ1n) is 32.3. The third kappa shape index (κ3) is 60.0. The largest absolute Gasteiger partial charge is 0.462 e. The minimum Gasteiger partial charge on any atom is -0.462 e. The van der Waals surface area contributed by atoms with Crippen LogP contribution in [-0.2, 0) is 28.6 Å². The zero-order chi connectivity index (χ0) is 53.6. The van der Waals surface area contributed by atoms with Crippen molar-refractivity contribution >= 4 is 17.9 Å². The van der Waals surface area contributed by atoms with Crippen LogP contribution in [0.2, 0.25) is 0 Å². The average Bonchev–Trinajstić information content (AvgIpc) is 3.40. The average molecular weight is 1040 g/mol. The van der Waals surface area contributed by atoms with Gasteiger partial charge in [0.2, 0.25) is 0 Å². The van der Waals surface area contributed by atoms with E-state index in [2.05, 4.69) is 81.5 Å². The molecule has 0 amide bonds. The Morgan fingerprint density at radius 1 is 0.270 bits per heavy atom. The molecule has 0 bridgehead atoms. The molecule has 6 nitrogen and oxygen atoms in total. The first kappa shape index (κ1) is 71.1. The fraction of sp³-hybridized carbons (Fsp3) is 0.809. The van der Waals surface area contributed by atoms with Crippen molar-refractivity contribution in [3.8, 4) is 0 Å². The molecule has 0 fully saturated rings. The number of hydrogen-bond donors (Lipinski definition) is 0. The number of ether oxygens (including phenoxy) is 3. The van der Waals surface area contributed by atoms with Gasteiger partial charge < -0.3 is 14.2 Å². The van der Waals surface area contributed by atoms with Crippen LogP contribution in [0, 0.1) is 0 Å². The minimum atomic E-state index is -0.783. The second kappa shape index (κ2) is 62.6. The SMILES string of the molecule is CCCCC/C=C\C/C=C\C/C=C\CCCCCCCCC(=O)O[C@@H](COC(=O)CCCCCCCCCCC/C=C\C/C=C\CCCCC)COC(=O)CCCCCCCCCCCCCCCCCCCC. The second-order valence-electron chi connectivity index (χ2n) is 21.7. The molecule has 0 aromatic heterocycles. The van der Waals surface area contributed by atoms with Crippen molar-refractivity contribution in [2.45, 2.75) is 341 Å². The molecule has 0 saturated carbocycles. The topological polar surface area (TPSA) is 78.9 Å². The van der Waals surface area contributed by atoms with Crippen molar-refractivity contribution < 1.29 is 28.6 Å². The Morgan fingerprint density at radius 3 is 0.784 bits per heavy atom. The summed E-state index contributed by atoms with van der Waals surface area (Å²) in [4.78, 5) is 38.4. The van der Waals surface area contributed by atoms with Gasteiger partial charge in [-0.1, -0.05) is 287 Å². The van der Waals surface area contributed by atoms with Crippen molar-refractivity contribution in [3.05, 3.63) is 60.8 Å². The smallest absolute Gasteiger partial charge is 0.306 e. The van der Waals surface area contributed by atoms with Gasteiger partial charge in [0.1, 0.15) is 13.2 Å². The van der Waals surface area contributed by atoms with E-state index < -0.39 is 6.10 Å². The molecule has 0 spiro atoms. The first-order valence-corrected chi connectivity index (χ1v) is 32.3. The van der Waals surface area contributed by atoms with Crippen LogP contribution in [0.25, 0.3) is 0 Å². The van der Waals surface area contributed by atoms with Crippen molar-refractivity contribution in [2.75, 3.05) is 13.2 Å². The van der Waals surface area contributed by atoms with E-state index >= 15 is 0 Å². The highest BCUT2D eigenvalue weighted by molar-refractivity contribution is 5.71. The number of carbonyl (C=O) groups is 3. The van der Waals surface area contributed by atoms with Gasteiger partial charge in [0.15, 0.2) is 6.10 Å². The van der Waals surface area contributed by atoms with Crippen LogP contribution in [0.1, 0.15) is 335 Å². The summed E-state index contributed by atoms with van der Waals surface area (Å²) >= 11 is 0. The molecule has 0 aromatic carbocycles. The van der Waals surface area contributed by atoms with Crippen molar-refractivity contribution in [2.24, 2.45) is 0 Å².